The molecule has 0 unspecified atom stereocenters. The third-order valence-electron chi connectivity index (χ3n) is 2.50. The van der Waals surface area contributed by atoms with Crippen molar-refractivity contribution in [2.24, 2.45) is 0 Å². The smallest absolute Gasteiger partial charge is 0.120 e. The first-order valence-corrected chi connectivity index (χ1v) is 6.48. The number of ether oxygens (including phenoxy) is 2. The summed E-state index contributed by atoms with van der Waals surface area (Å²) < 4.78 is 11.1. The fraction of sp³-hybridized carbons (Fsp3) is 0.200. The molecule has 19 heavy (non-hydrogen) atoms. The van der Waals surface area contributed by atoms with E-state index in [1.807, 2.05) is 42.5 Å². The van der Waals surface area contributed by atoms with Crippen LogP contribution in [-0.4, -0.2) is 13.2 Å². The van der Waals surface area contributed by atoms with Crippen LogP contribution in [0.25, 0.3) is 0 Å². The van der Waals surface area contributed by atoms with Crippen LogP contribution in [0.15, 0.2) is 48.5 Å². The molecular weight excluding hydrogens is 262 g/mol. The van der Waals surface area contributed by atoms with E-state index in [-0.39, 0.29) is 0 Å². The second-order valence-corrected chi connectivity index (χ2v) is 4.51. The van der Waals surface area contributed by atoms with Crippen molar-refractivity contribution >= 4 is 17.3 Å². The van der Waals surface area contributed by atoms with Gasteiger partial charge in [0.2, 0.25) is 0 Å². The summed E-state index contributed by atoms with van der Waals surface area (Å²) in [6.07, 6.45) is 0.802. The van der Waals surface area contributed by atoms with Crippen molar-refractivity contribution in [2.45, 2.75) is 6.42 Å². The third kappa shape index (κ3) is 4.72. The van der Waals surface area contributed by atoms with E-state index in [1.165, 1.54) is 0 Å². The van der Waals surface area contributed by atoms with Gasteiger partial charge in [-0.1, -0.05) is 17.7 Å². The van der Waals surface area contributed by atoms with E-state index >= 15 is 0 Å². The van der Waals surface area contributed by atoms with Crippen LogP contribution in [0.3, 0.4) is 0 Å². The van der Waals surface area contributed by atoms with Crippen LogP contribution in [-0.2, 0) is 0 Å². The van der Waals surface area contributed by atoms with Crippen molar-refractivity contribution in [3.05, 3.63) is 53.6 Å². The number of hydrogen-bond acceptors (Lipinski definition) is 3. The van der Waals surface area contributed by atoms with Gasteiger partial charge in [0.25, 0.3) is 0 Å². The molecule has 0 atom stereocenters. The van der Waals surface area contributed by atoms with Gasteiger partial charge in [-0.3, -0.25) is 0 Å². The number of anilines is 1. The van der Waals surface area contributed by atoms with Crippen molar-refractivity contribution in [2.75, 3.05) is 18.9 Å². The topological polar surface area (TPSA) is 44.5 Å². The van der Waals surface area contributed by atoms with Crippen LogP contribution in [0, 0.1) is 0 Å². The Hall–Kier alpha value is -1.87. The SMILES string of the molecule is Nc1ccc(OCCCOc2cccc(Cl)c2)cc1. The lowest BCUT2D eigenvalue weighted by Crippen LogP contribution is -2.05. The van der Waals surface area contributed by atoms with Gasteiger partial charge in [-0.2, -0.15) is 0 Å². The Morgan fingerprint density at radius 1 is 0.895 bits per heavy atom. The molecule has 0 saturated heterocycles. The van der Waals surface area contributed by atoms with Crippen molar-refractivity contribution in [1.82, 2.24) is 0 Å². The van der Waals surface area contributed by atoms with Gasteiger partial charge in [-0.15, -0.1) is 0 Å². The van der Waals surface area contributed by atoms with Crippen LogP contribution in [0.4, 0.5) is 5.69 Å². The van der Waals surface area contributed by atoms with E-state index in [1.54, 1.807) is 6.07 Å². The van der Waals surface area contributed by atoms with Crippen LogP contribution in [0.2, 0.25) is 5.02 Å². The molecule has 0 fully saturated rings. The Bertz CT molecular complexity index is 514. The van der Waals surface area contributed by atoms with Crippen molar-refractivity contribution in [3.8, 4) is 11.5 Å². The first kappa shape index (κ1) is 13.6. The van der Waals surface area contributed by atoms with E-state index in [9.17, 15) is 0 Å². The summed E-state index contributed by atoms with van der Waals surface area (Å²) in [7, 11) is 0. The molecule has 0 bridgehead atoms. The fourth-order valence-corrected chi connectivity index (χ4v) is 1.74. The highest BCUT2D eigenvalue weighted by Crippen LogP contribution is 2.17. The maximum absolute atomic E-state index is 5.86. The van der Waals surface area contributed by atoms with Gasteiger partial charge in [0.05, 0.1) is 13.2 Å². The molecule has 0 radical (unpaired) electrons. The lowest BCUT2D eigenvalue weighted by molar-refractivity contribution is 0.247. The quantitative estimate of drug-likeness (QED) is 0.646. The van der Waals surface area contributed by atoms with E-state index in [2.05, 4.69) is 0 Å². The minimum Gasteiger partial charge on any atom is -0.493 e. The molecule has 2 aromatic carbocycles. The number of nitrogens with two attached hydrogens (primary N) is 1. The standard InChI is InChI=1S/C15H16ClNO2/c16-12-3-1-4-15(11-12)19-10-2-9-18-14-7-5-13(17)6-8-14/h1,3-8,11H,2,9-10,17H2. The summed E-state index contributed by atoms with van der Waals surface area (Å²) in [6, 6.07) is 14.7. The molecule has 0 saturated carbocycles. The summed E-state index contributed by atoms with van der Waals surface area (Å²) in [4.78, 5) is 0. The molecule has 0 aliphatic heterocycles. The molecule has 0 aromatic heterocycles. The predicted octanol–water partition coefficient (Wildman–Crippen LogP) is 3.77. The van der Waals surface area contributed by atoms with E-state index in [0.717, 1.165) is 23.6 Å². The highest BCUT2D eigenvalue weighted by atomic mass is 35.5. The third-order valence-corrected chi connectivity index (χ3v) is 2.74. The first-order chi connectivity index (χ1) is 9.24. The van der Waals surface area contributed by atoms with E-state index < -0.39 is 0 Å². The Balaban J connectivity index is 1.66. The molecule has 0 spiro atoms. The molecule has 0 aliphatic carbocycles. The molecular formula is C15H16ClNO2. The number of nitrogen functional groups attached to an aromatic ring is 1. The highest BCUT2D eigenvalue weighted by Gasteiger charge is 1.96. The highest BCUT2D eigenvalue weighted by molar-refractivity contribution is 6.30. The van der Waals surface area contributed by atoms with Gasteiger partial charge in [-0.25, -0.2) is 0 Å². The molecule has 0 amide bonds. The minimum absolute atomic E-state index is 0.593. The molecule has 100 valence electrons. The maximum Gasteiger partial charge on any atom is 0.120 e. The maximum atomic E-state index is 5.86. The van der Waals surface area contributed by atoms with Crippen LogP contribution >= 0.6 is 11.6 Å². The molecule has 2 N–H and O–H groups in total. The lowest BCUT2D eigenvalue weighted by Gasteiger charge is -2.08. The average Bonchev–Trinajstić information content (AvgIpc) is 2.41. The Kier molecular flexibility index (Phi) is 4.93. The Morgan fingerprint density at radius 2 is 1.58 bits per heavy atom. The average molecular weight is 278 g/mol. The van der Waals surface area contributed by atoms with E-state index in [4.69, 9.17) is 26.8 Å². The summed E-state index contributed by atoms with van der Waals surface area (Å²) in [5, 5.41) is 0.677. The lowest BCUT2D eigenvalue weighted by atomic mass is 10.3. The van der Waals surface area contributed by atoms with Crippen molar-refractivity contribution in [3.63, 3.8) is 0 Å². The molecule has 2 rings (SSSR count). The van der Waals surface area contributed by atoms with Crippen LogP contribution in [0.5, 0.6) is 11.5 Å². The van der Waals surface area contributed by atoms with Gasteiger partial charge in [0.1, 0.15) is 11.5 Å². The zero-order valence-electron chi connectivity index (χ0n) is 10.5. The largest absolute Gasteiger partial charge is 0.493 e. The van der Waals surface area contributed by atoms with Gasteiger partial charge >= 0.3 is 0 Å². The summed E-state index contributed by atoms with van der Waals surface area (Å²) in [5.74, 6) is 1.59. The number of rotatable bonds is 6. The molecule has 0 heterocycles. The second-order valence-electron chi connectivity index (χ2n) is 4.08. The van der Waals surface area contributed by atoms with E-state index in [0.29, 0.717) is 18.2 Å². The number of hydrogen-bond donors (Lipinski definition) is 1. The fourth-order valence-electron chi connectivity index (χ4n) is 1.56. The summed E-state index contributed by atoms with van der Waals surface area (Å²) in [6.45, 7) is 1.19. The monoisotopic (exact) mass is 277 g/mol. The van der Waals surface area contributed by atoms with Crippen LogP contribution < -0.4 is 15.2 Å². The number of benzene rings is 2. The van der Waals surface area contributed by atoms with Gasteiger partial charge in [0.15, 0.2) is 0 Å². The van der Waals surface area contributed by atoms with Crippen molar-refractivity contribution < 1.29 is 9.47 Å². The van der Waals surface area contributed by atoms with Gasteiger partial charge in [-0.05, 0) is 42.5 Å². The molecule has 2 aromatic rings. The first-order valence-electron chi connectivity index (χ1n) is 6.11. The second kappa shape index (κ2) is 6.90. The number of halogens is 1. The minimum atomic E-state index is 0.593. The van der Waals surface area contributed by atoms with Gasteiger partial charge in [0, 0.05) is 17.1 Å². The van der Waals surface area contributed by atoms with Crippen LogP contribution in [0.1, 0.15) is 6.42 Å². The predicted molar refractivity (Wildman–Crippen MR) is 77.9 cm³/mol. The summed E-state index contributed by atoms with van der Waals surface area (Å²) in [5.41, 5.74) is 6.33. The van der Waals surface area contributed by atoms with Crippen molar-refractivity contribution in [1.29, 1.82) is 0 Å². The molecule has 3 nitrogen and oxygen atoms in total. The molecule has 4 heteroatoms. The summed E-state index contributed by atoms with van der Waals surface area (Å²) >= 11 is 5.86. The van der Waals surface area contributed by atoms with Gasteiger partial charge < -0.3 is 15.2 Å². The molecule has 0 aliphatic rings. The zero-order valence-corrected chi connectivity index (χ0v) is 11.3. The Morgan fingerprint density at radius 3 is 2.26 bits per heavy atom. The Labute approximate surface area is 117 Å². The normalized spacial score (nSPS) is 10.2. The zero-order chi connectivity index (χ0) is 13.5.